The minimum atomic E-state index is -0.970. The maximum Gasteiger partial charge on any atom is 0.310 e. The summed E-state index contributed by atoms with van der Waals surface area (Å²) in [5.41, 5.74) is 5.36. The minimum absolute atomic E-state index is 0.0661. The molecule has 0 aliphatic rings. The van der Waals surface area contributed by atoms with Gasteiger partial charge >= 0.3 is 11.9 Å². The van der Waals surface area contributed by atoms with Gasteiger partial charge in [-0.05, 0) is 79.1 Å². The number of aliphatic carboxylic acids is 1. The number of pyridine rings is 2. The molecule has 8 rings (SSSR count). The second kappa shape index (κ2) is 16.9. The fourth-order valence-electron chi connectivity index (χ4n) is 7.24. The van der Waals surface area contributed by atoms with Gasteiger partial charge in [-0.3, -0.25) is 19.2 Å². The zero-order chi connectivity index (χ0) is 43.2. The maximum atomic E-state index is 12.9. The van der Waals surface area contributed by atoms with E-state index >= 15 is 0 Å². The first-order valence-corrected chi connectivity index (χ1v) is 19.9. The van der Waals surface area contributed by atoms with Crippen LogP contribution in [0.4, 0.5) is 23.3 Å². The van der Waals surface area contributed by atoms with Crippen molar-refractivity contribution in [1.29, 1.82) is 0 Å². The van der Waals surface area contributed by atoms with Gasteiger partial charge in [-0.25, -0.2) is 9.97 Å². The van der Waals surface area contributed by atoms with Gasteiger partial charge in [-0.15, -0.1) is 0 Å². The van der Waals surface area contributed by atoms with Crippen LogP contribution in [0, 0.1) is 13.8 Å². The lowest BCUT2D eigenvalue weighted by Gasteiger charge is -2.12. The van der Waals surface area contributed by atoms with Crippen molar-refractivity contribution in [2.24, 2.45) is 14.1 Å². The smallest absolute Gasteiger partial charge is 0.310 e. The highest BCUT2D eigenvalue weighted by molar-refractivity contribution is 6.40. The van der Waals surface area contributed by atoms with Crippen molar-refractivity contribution in [2.45, 2.75) is 33.6 Å². The number of carboxylic acids is 1. The number of carboxylic acid groups (broad SMARTS) is 1. The summed E-state index contributed by atoms with van der Waals surface area (Å²) in [6, 6.07) is 17.5. The molecule has 0 atom stereocenters. The van der Waals surface area contributed by atoms with Crippen LogP contribution < -0.4 is 21.8 Å². The van der Waals surface area contributed by atoms with Crippen LogP contribution in [0.3, 0.4) is 0 Å². The van der Waals surface area contributed by atoms with Gasteiger partial charge in [0, 0.05) is 25.5 Å². The summed E-state index contributed by atoms with van der Waals surface area (Å²) in [6.07, 6.45) is -0.126. The van der Waals surface area contributed by atoms with E-state index in [1.165, 1.54) is 0 Å². The van der Waals surface area contributed by atoms with Crippen molar-refractivity contribution >= 4 is 125 Å². The van der Waals surface area contributed by atoms with Crippen molar-refractivity contribution in [3.05, 3.63) is 124 Å². The molecule has 0 amide bonds. The molecule has 0 unspecified atom stereocenters. The number of imidazole rings is 2. The number of anilines is 4. The lowest BCUT2D eigenvalue weighted by atomic mass is 10.0. The molecule has 0 saturated carbocycles. The van der Waals surface area contributed by atoms with Gasteiger partial charge in [-0.2, -0.15) is 0 Å². The molecule has 0 aliphatic heterocycles. The number of halogens is 4. The molecule has 5 N–H and O–H groups in total. The van der Waals surface area contributed by atoms with E-state index in [0.717, 1.165) is 5.56 Å². The first kappa shape index (κ1) is 42.1. The van der Waals surface area contributed by atoms with E-state index in [0.29, 0.717) is 111 Å². The van der Waals surface area contributed by atoms with E-state index in [4.69, 9.17) is 51.1 Å². The summed E-state index contributed by atoms with van der Waals surface area (Å²) in [5, 5.41) is 19.4. The number of aromatic nitrogens is 6. The van der Waals surface area contributed by atoms with Crippen LogP contribution in [-0.2, 0) is 41.3 Å². The molecule has 0 spiro atoms. The van der Waals surface area contributed by atoms with E-state index in [2.05, 4.69) is 30.6 Å². The second-order valence-electron chi connectivity index (χ2n) is 13.8. The Balaban J connectivity index is 0.000000182. The molecule has 60 heavy (non-hydrogen) atoms. The number of esters is 1. The number of nitrogens with zero attached hydrogens (tertiary/aromatic N) is 4. The highest BCUT2D eigenvalue weighted by Crippen LogP contribution is 2.36. The Labute approximate surface area is 361 Å². The third kappa shape index (κ3) is 7.86. The Kier molecular flexibility index (Phi) is 11.8. The fourth-order valence-corrected chi connectivity index (χ4v) is 8.22. The molecule has 0 aliphatic carbocycles. The van der Waals surface area contributed by atoms with E-state index in [1.54, 1.807) is 92.5 Å². The third-order valence-electron chi connectivity index (χ3n) is 10.0. The average molecular weight is 891 g/mol. The highest BCUT2D eigenvalue weighted by atomic mass is 35.5. The normalized spacial score (nSPS) is 11.3. The molecule has 14 nitrogen and oxygen atoms in total. The molecular formula is C42H36Cl4N8O6. The molecule has 4 heterocycles. The Morgan fingerprint density at radius 1 is 0.683 bits per heavy atom. The molecular weight excluding hydrogens is 854 g/mol. The van der Waals surface area contributed by atoms with Crippen LogP contribution in [-0.4, -0.2) is 52.7 Å². The predicted molar refractivity (Wildman–Crippen MR) is 238 cm³/mol. The number of para-hydroxylation sites is 2. The number of carbonyl (C=O) groups is 2. The molecule has 4 aromatic carbocycles. The van der Waals surface area contributed by atoms with Gasteiger partial charge in [0.15, 0.2) is 0 Å². The number of rotatable bonds is 9. The van der Waals surface area contributed by atoms with Crippen molar-refractivity contribution in [1.82, 2.24) is 29.1 Å². The summed E-state index contributed by atoms with van der Waals surface area (Å²) in [4.78, 5) is 63.9. The summed E-state index contributed by atoms with van der Waals surface area (Å²) >= 11 is 25.0. The monoisotopic (exact) mass is 888 g/mol. The molecule has 308 valence electrons. The number of H-pyrrole nitrogens is 2. The molecule has 4 aromatic heterocycles. The molecule has 18 heteroatoms. The molecule has 8 aromatic rings. The fraction of sp³-hybridized carbons (Fsp3) is 0.190. The Hall–Kier alpha value is -6.06. The van der Waals surface area contributed by atoms with Crippen LogP contribution in [0.25, 0.3) is 43.6 Å². The van der Waals surface area contributed by atoms with E-state index in [9.17, 15) is 24.3 Å². The van der Waals surface area contributed by atoms with Gasteiger partial charge in [0.1, 0.15) is 0 Å². The molecule has 0 radical (unpaired) electrons. The maximum absolute atomic E-state index is 12.9. The first-order chi connectivity index (χ1) is 28.6. The lowest BCUT2D eigenvalue weighted by Crippen LogP contribution is -2.15. The van der Waals surface area contributed by atoms with Gasteiger partial charge < -0.3 is 39.6 Å². The highest BCUT2D eigenvalue weighted by Gasteiger charge is 2.21. The standard InChI is InChI=1S/C22H20Cl2N4O3.C20H16Cl2N4O3/c1-4-31-17(29)10-13-11(2)25-21(30)18-12(13)8-9-16-20(18)28(3)22(26-16)27-19-14(23)6-5-7-15(19)24;1-9-11(8-15(27)28)10-6-7-14-18(16(10)19(29)23-9)26(2)20(24-14)25-17-12(21)4-3-5-13(17)22/h5-9H,4,10H2,1-3H3,(H,25,30)(H,26,27);3-7H,8H2,1-2H3,(H,23,29)(H,24,25)(H,27,28). The van der Waals surface area contributed by atoms with E-state index in [-0.39, 0.29) is 29.9 Å². The number of carbonyl (C=O) groups excluding carboxylic acids is 1. The molecule has 0 bridgehead atoms. The van der Waals surface area contributed by atoms with Crippen molar-refractivity contribution in [3.8, 4) is 0 Å². The summed E-state index contributed by atoms with van der Waals surface area (Å²) in [6.45, 7) is 5.52. The summed E-state index contributed by atoms with van der Waals surface area (Å²) in [7, 11) is 3.56. The summed E-state index contributed by atoms with van der Waals surface area (Å²) < 4.78 is 8.60. The Morgan fingerprint density at radius 3 is 1.47 bits per heavy atom. The van der Waals surface area contributed by atoms with Gasteiger partial charge in [-0.1, -0.05) is 70.7 Å². The first-order valence-electron chi connectivity index (χ1n) is 18.4. The number of ether oxygens (including phenoxy) is 1. The Bertz CT molecular complexity index is 3130. The van der Waals surface area contributed by atoms with Crippen LogP contribution in [0.2, 0.25) is 20.1 Å². The topological polar surface area (TPSA) is 189 Å². The molecule has 0 saturated heterocycles. The van der Waals surface area contributed by atoms with Crippen molar-refractivity contribution in [2.75, 3.05) is 17.2 Å². The number of nitrogens with one attached hydrogen (secondary N) is 4. The van der Waals surface area contributed by atoms with Crippen LogP contribution in [0.5, 0.6) is 0 Å². The number of aryl methyl sites for hydroxylation is 4. The summed E-state index contributed by atoms with van der Waals surface area (Å²) in [5.74, 6) is -0.395. The van der Waals surface area contributed by atoms with E-state index < -0.39 is 5.97 Å². The molecule has 0 fully saturated rings. The quantitative estimate of drug-likeness (QED) is 0.0874. The van der Waals surface area contributed by atoms with E-state index in [1.807, 2.05) is 12.1 Å². The SMILES string of the molecule is CCOC(=O)Cc1c(C)[nH]c(=O)c2c1ccc1nc(Nc3c(Cl)cccc3Cl)n(C)c12.Cc1[nH]c(=O)c2c(ccc3nc(Nc4c(Cl)cccc4Cl)n(C)c32)c1CC(=O)O. The largest absolute Gasteiger partial charge is 0.481 e. The number of aromatic amines is 2. The predicted octanol–water partition coefficient (Wildman–Crippen LogP) is 9.28. The zero-order valence-electron chi connectivity index (χ0n) is 32.7. The van der Waals surface area contributed by atoms with Crippen molar-refractivity contribution < 1.29 is 19.4 Å². The minimum Gasteiger partial charge on any atom is -0.481 e. The number of fused-ring (bicyclic) bond motifs is 6. The van der Waals surface area contributed by atoms with Crippen LogP contribution in [0.15, 0.2) is 70.3 Å². The average Bonchev–Trinajstić information content (AvgIpc) is 3.69. The van der Waals surface area contributed by atoms with Gasteiger partial charge in [0.2, 0.25) is 11.9 Å². The van der Waals surface area contributed by atoms with Crippen LogP contribution in [0.1, 0.15) is 29.4 Å². The van der Waals surface area contributed by atoms with Gasteiger partial charge in [0.05, 0.1) is 83.8 Å². The number of hydrogen-bond donors (Lipinski definition) is 5. The Morgan fingerprint density at radius 2 is 1.08 bits per heavy atom. The van der Waals surface area contributed by atoms with Gasteiger partial charge in [0.25, 0.3) is 11.1 Å². The van der Waals surface area contributed by atoms with Crippen LogP contribution >= 0.6 is 46.4 Å². The number of hydrogen-bond acceptors (Lipinski definition) is 9. The zero-order valence-corrected chi connectivity index (χ0v) is 35.7. The number of benzene rings is 4. The third-order valence-corrected chi connectivity index (χ3v) is 11.3. The lowest BCUT2D eigenvalue weighted by molar-refractivity contribution is -0.142. The second-order valence-corrected chi connectivity index (χ2v) is 15.4. The van der Waals surface area contributed by atoms with Crippen molar-refractivity contribution in [3.63, 3.8) is 0 Å².